The fourth-order valence-electron chi connectivity index (χ4n) is 4.40. The molecule has 1 fully saturated rings. The third-order valence-corrected chi connectivity index (χ3v) is 5.76. The molecule has 3 atom stereocenters. The van der Waals surface area contributed by atoms with Crippen LogP contribution in [0, 0.1) is 17.2 Å². The lowest BCUT2D eigenvalue weighted by molar-refractivity contribution is 0.451. The monoisotopic (exact) mass is 372 g/mol. The summed E-state index contributed by atoms with van der Waals surface area (Å²) >= 11 is 0. The molecule has 0 aliphatic heterocycles. The Morgan fingerprint density at radius 3 is 2.93 bits per heavy atom. The van der Waals surface area contributed by atoms with Gasteiger partial charge in [0.15, 0.2) is 11.3 Å². The van der Waals surface area contributed by atoms with E-state index in [1.54, 1.807) is 18.5 Å². The summed E-state index contributed by atoms with van der Waals surface area (Å²) in [6.07, 6.45) is 8.37. The van der Waals surface area contributed by atoms with E-state index in [0.717, 1.165) is 47.7 Å². The molecule has 8 heteroatoms. The number of nitrogens with one attached hydrogen (secondary N) is 2. The van der Waals surface area contributed by atoms with Gasteiger partial charge in [0, 0.05) is 24.4 Å². The lowest BCUT2D eigenvalue weighted by atomic mass is 9.93. The van der Waals surface area contributed by atoms with Crippen LogP contribution in [0.4, 0.5) is 5.82 Å². The summed E-state index contributed by atoms with van der Waals surface area (Å²) in [4.78, 5) is 11.9. The maximum atomic E-state index is 8.93. The molecule has 28 heavy (non-hydrogen) atoms. The molecule has 2 N–H and O–H groups in total. The Morgan fingerprint density at radius 1 is 1.21 bits per heavy atom. The first-order chi connectivity index (χ1) is 13.8. The van der Waals surface area contributed by atoms with Crippen LogP contribution in [0.3, 0.4) is 0 Å². The zero-order valence-electron chi connectivity index (χ0n) is 15.5. The maximum absolute atomic E-state index is 8.93. The first-order valence-corrected chi connectivity index (χ1v) is 9.56. The molecule has 0 bridgehead atoms. The average Bonchev–Trinajstić information content (AvgIpc) is 3.45. The minimum absolute atomic E-state index is 0.311. The van der Waals surface area contributed by atoms with E-state index in [9.17, 15) is 0 Å². The number of H-pyrrole nitrogens is 1. The fraction of sp³-hybridized carbons (Fsp3) is 0.350. The van der Waals surface area contributed by atoms with Gasteiger partial charge in [0.05, 0.1) is 17.3 Å². The second-order valence-electron chi connectivity index (χ2n) is 7.35. The van der Waals surface area contributed by atoms with Crippen LogP contribution in [-0.2, 0) is 0 Å². The summed E-state index contributed by atoms with van der Waals surface area (Å²) in [7, 11) is 0. The van der Waals surface area contributed by atoms with Crippen LogP contribution >= 0.6 is 0 Å². The molecule has 1 saturated carbocycles. The zero-order valence-corrected chi connectivity index (χ0v) is 15.5. The van der Waals surface area contributed by atoms with Gasteiger partial charge in [-0.2, -0.15) is 5.26 Å². The predicted molar refractivity (Wildman–Crippen MR) is 105 cm³/mol. The first-order valence-electron chi connectivity index (χ1n) is 9.56. The molecule has 4 aromatic rings. The first kappa shape index (κ1) is 16.7. The topological polar surface area (TPSA) is 108 Å². The van der Waals surface area contributed by atoms with Crippen molar-refractivity contribution in [3.8, 4) is 6.07 Å². The molecule has 1 aliphatic carbocycles. The van der Waals surface area contributed by atoms with E-state index in [4.69, 9.17) is 5.26 Å². The zero-order chi connectivity index (χ0) is 19.1. The minimum atomic E-state index is 0.311. The van der Waals surface area contributed by atoms with Crippen LogP contribution in [0.1, 0.15) is 43.5 Å². The van der Waals surface area contributed by atoms with Gasteiger partial charge in [-0.1, -0.05) is 13.3 Å². The molecule has 0 spiro atoms. The number of rotatable bonds is 4. The summed E-state index contributed by atoms with van der Waals surface area (Å²) in [5.74, 6) is 2.65. The summed E-state index contributed by atoms with van der Waals surface area (Å²) in [6, 6.07) is 8.10. The van der Waals surface area contributed by atoms with Crippen molar-refractivity contribution in [3.63, 3.8) is 0 Å². The van der Waals surface area contributed by atoms with Gasteiger partial charge in [0.2, 0.25) is 0 Å². The molecule has 1 unspecified atom stereocenters. The van der Waals surface area contributed by atoms with Gasteiger partial charge in [-0.05, 0) is 37.0 Å². The quantitative estimate of drug-likeness (QED) is 0.569. The van der Waals surface area contributed by atoms with Crippen molar-refractivity contribution in [2.45, 2.75) is 38.1 Å². The number of hydrogen-bond acceptors (Lipinski definition) is 6. The number of aromatic amines is 1. The van der Waals surface area contributed by atoms with E-state index < -0.39 is 0 Å². The number of hydrogen-bond donors (Lipinski definition) is 2. The number of nitriles is 1. The molecule has 0 saturated heterocycles. The largest absolute Gasteiger partial charge is 0.367 e. The predicted octanol–water partition coefficient (Wildman–Crippen LogP) is 3.26. The Morgan fingerprint density at radius 2 is 2.14 bits per heavy atom. The van der Waals surface area contributed by atoms with E-state index in [1.165, 1.54) is 0 Å². The van der Waals surface area contributed by atoms with Gasteiger partial charge in [0.1, 0.15) is 17.7 Å². The number of pyridine rings is 1. The van der Waals surface area contributed by atoms with Crippen molar-refractivity contribution < 1.29 is 0 Å². The van der Waals surface area contributed by atoms with E-state index in [1.807, 2.05) is 18.3 Å². The molecular formula is C20H20N8. The van der Waals surface area contributed by atoms with Crippen molar-refractivity contribution in [2.24, 2.45) is 5.92 Å². The Bertz CT molecular complexity index is 1170. The Kier molecular flexibility index (Phi) is 3.93. The highest BCUT2D eigenvalue weighted by atomic mass is 15.3. The SMILES string of the molecule is CC[C@@H]1C[C@H](Nc2ccc(C#N)cn2)CC1c1nnc2cnc3[nH]ccc3n12. The average molecular weight is 372 g/mol. The molecule has 0 aromatic carbocycles. The number of fused-ring (bicyclic) bond motifs is 3. The van der Waals surface area contributed by atoms with Crippen LogP contribution in [0.15, 0.2) is 36.8 Å². The van der Waals surface area contributed by atoms with Crippen LogP contribution in [0.2, 0.25) is 0 Å². The molecule has 4 aromatic heterocycles. The highest BCUT2D eigenvalue weighted by Gasteiger charge is 2.37. The van der Waals surface area contributed by atoms with Crippen LogP contribution in [0.5, 0.6) is 0 Å². The highest BCUT2D eigenvalue weighted by Crippen LogP contribution is 2.42. The van der Waals surface area contributed by atoms with E-state index in [2.05, 4.69) is 47.9 Å². The minimum Gasteiger partial charge on any atom is -0.367 e. The lowest BCUT2D eigenvalue weighted by Gasteiger charge is -2.15. The highest BCUT2D eigenvalue weighted by molar-refractivity contribution is 5.74. The van der Waals surface area contributed by atoms with E-state index in [-0.39, 0.29) is 0 Å². The smallest absolute Gasteiger partial charge is 0.179 e. The summed E-state index contributed by atoms with van der Waals surface area (Å²) < 4.78 is 2.13. The maximum Gasteiger partial charge on any atom is 0.179 e. The van der Waals surface area contributed by atoms with E-state index >= 15 is 0 Å². The van der Waals surface area contributed by atoms with Gasteiger partial charge >= 0.3 is 0 Å². The summed E-state index contributed by atoms with van der Waals surface area (Å²) in [5, 5.41) is 21.4. The third-order valence-electron chi connectivity index (χ3n) is 5.76. The molecule has 8 nitrogen and oxygen atoms in total. The summed E-state index contributed by atoms with van der Waals surface area (Å²) in [5.41, 5.74) is 3.20. The number of anilines is 1. The molecule has 0 radical (unpaired) electrons. The molecular weight excluding hydrogens is 352 g/mol. The van der Waals surface area contributed by atoms with Gasteiger partial charge in [-0.25, -0.2) is 9.97 Å². The third kappa shape index (κ3) is 2.67. The number of nitrogens with zero attached hydrogens (tertiary/aromatic N) is 6. The summed E-state index contributed by atoms with van der Waals surface area (Å²) in [6.45, 7) is 2.23. The van der Waals surface area contributed by atoms with Crippen molar-refractivity contribution in [1.29, 1.82) is 5.26 Å². The molecule has 140 valence electrons. The van der Waals surface area contributed by atoms with Crippen molar-refractivity contribution in [1.82, 2.24) is 29.5 Å². The van der Waals surface area contributed by atoms with Crippen LogP contribution < -0.4 is 5.32 Å². The van der Waals surface area contributed by atoms with Gasteiger partial charge in [0.25, 0.3) is 0 Å². The van der Waals surface area contributed by atoms with Crippen molar-refractivity contribution >= 4 is 22.6 Å². The van der Waals surface area contributed by atoms with Gasteiger partial charge < -0.3 is 10.3 Å². The Hall–Kier alpha value is -3.47. The second-order valence-corrected chi connectivity index (χ2v) is 7.35. The van der Waals surface area contributed by atoms with Crippen molar-refractivity contribution in [3.05, 3.63) is 48.2 Å². The molecule has 1 aliphatic rings. The molecule has 4 heterocycles. The van der Waals surface area contributed by atoms with Gasteiger partial charge in [-0.15, -0.1) is 10.2 Å². The Balaban J connectivity index is 1.46. The lowest BCUT2D eigenvalue weighted by Crippen LogP contribution is -2.16. The number of aromatic nitrogens is 6. The van der Waals surface area contributed by atoms with E-state index in [0.29, 0.717) is 23.4 Å². The second kappa shape index (κ2) is 6.60. The van der Waals surface area contributed by atoms with Crippen LogP contribution in [0.25, 0.3) is 16.8 Å². The van der Waals surface area contributed by atoms with Gasteiger partial charge in [-0.3, -0.25) is 4.40 Å². The van der Waals surface area contributed by atoms with Crippen LogP contribution in [-0.4, -0.2) is 35.6 Å². The molecule has 0 amide bonds. The Labute approximate surface area is 161 Å². The normalized spacial score (nSPS) is 21.9. The van der Waals surface area contributed by atoms with Crippen molar-refractivity contribution in [2.75, 3.05) is 5.32 Å². The standard InChI is InChI=1S/C20H20N8/c1-2-13-7-14(25-17-4-3-12(9-21)10-23-17)8-15(13)20-27-26-18-11-24-19-16(28(18)20)5-6-22-19/h3-6,10-11,13-15,22H,2,7-8H2,1H3,(H,23,25)/t13-,14+,15?/m1/s1. The molecule has 5 rings (SSSR count). The fourth-order valence-corrected chi connectivity index (χ4v) is 4.40.